The summed E-state index contributed by atoms with van der Waals surface area (Å²) in [6, 6.07) is 10.9. The van der Waals surface area contributed by atoms with Gasteiger partial charge in [0.15, 0.2) is 17.3 Å². The van der Waals surface area contributed by atoms with Crippen molar-refractivity contribution in [2.75, 3.05) is 26.6 Å². The summed E-state index contributed by atoms with van der Waals surface area (Å²) in [7, 11) is 4.70. The average Bonchev–Trinajstić information content (AvgIpc) is 3.21. The fourth-order valence-corrected chi connectivity index (χ4v) is 4.98. The first-order valence-corrected chi connectivity index (χ1v) is 11.3. The highest BCUT2D eigenvalue weighted by atomic mass is 35.5. The molecule has 9 heteroatoms. The number of anilines is 1. The summed E-state index contributed by atoms with van der Waals surface area (Å²) in [4.78, 5) is 18.2. The Hall–Kier alpha value is -3.52. The van der Waals surface area contributed by atoms with E-state index in [2.05, 4.69) is 15.4 Å². The fraction of sp³-hybridized carbons (Fsp3) is 0.320. The van der Waals surface area contributed by atoms with E-state index in [0.29, 0.717) is 52.5 Å². The van der Waals surface area contributed by atoms with Crippen LogP contribution in [0.2, 0.25) is 5.02 Å². The fourth-order valence-electron chi connectivity index (χ4n) is 4.86. The minimum absolute atomic E-state index is 0.0483. The van der Waals surface area contributed by atoms with Crippen molar-refractivity contribution >= 4 is 23.3 Å². The summed E-state index contributed by atoms with van der Waals surface area (Å²) in [6.07, 6.45) is 1.07. The van der Waals surface area contributed by atoms with Gasteiger partial charge in [0.2, 0.25) is 11.7 Å². The number of aromatic nitrogens is 3. The Balaban J connectivity index is 1.64. The van der Waals surface area contributed by atoms with Crippen molar-refractivity contribution < 1.29 is 19.0 Å². The maximum absolute atomic E-state index is 13.6. The van der Waals surface area contributed by atoms with Crippen molar-refractivity contribution in [3.8, 4) is 17.2 Å². The van der Waals surface area contributed by atoms with Crippen molar-refractivity contribution in [1.82, 2.24) is 14.8 Å². The van der Waals surface area contributed by atoms with Crippen LogP contribution in [0, 0.1) is 6.92 Å². The summed E-state index contributed by atoms with van der Waals surface area (Å²) in [6.45, 7) is 1.83. The molecule has 0 spiro atoms. The van der Waals surface area contributed by atoms with E-state index in [1.807, 2.05) is 43.3 Å². The first kappa shape index (κ1) is 22.3. The zero-order valence-electron chi connectivity index (χ0n) is 19.4. The van der Waals surface area contributed by atoms with Crippen LogP contribution in [0.3, 0.4) is 0 Å². The first-order valence-electron chi connectivity index (χ1n) is 10.9. The van der Waals surface area contributed by atoms with E-state index in [-0.39, 0.29) is 11.7 Å². The van der Waals surface area contributed by atoms with Gasteiger partial charge < -0.3 is 19.5 Å². The largest absolute Gasteiger partial charge is 0.493 e. The predicted molar refractivity (Wildman–Crippen MR) is 128 cm³/mol. The second kappa shape index (κ2) is 8.68. The molecule has 2 atom stereocenters. The molecule has 0 unspecified atom stereocenters. The highest BCUT2D eigenvalue weighted by Gasteiger charge is 2.40. The van der Waals surface area contributed by atoms with Crippen LogP contribution in [0.5, 0.6) is 17.2 Å². The molecule has 5 rings (SSSR count). The first-order chi connectivity index (χ1) is 16.4. The molecule has 8 nitrogen and oxygen atoms in total. The zero-order chi connectivity index (χ0) is 24.0. The second-order valence-corrected chi connectivity index (χ2v) is 8.82. The van der Waals surface area contributed by atoms with E-state index in [4.69, 9.17) is 25.8 Å². The van der Waals surface area contributed by atoms with Crippen molar-refractivity contribution in [3.63, 3.8) is 0 Å². The van der Waals surface area contributed by atoms with Crippen LogP contribution in [0.1, 0.15) is 41.8 Å². The lowest BCUT2D eigenvalue weighted by Crippen LogP contribution is -2.33. The van der Waals surface area contributed by atoms with Gasteiger partial charge in [-0.3, -0.25) is 4.79 Å². The summed E-state index contributed by atoms with van der Waals surface area (Å²) < 4.78 is 18.4. The lowest BCUT2D eigenvalue weighted by molar-refractivity contribution is -0.116. The van der Waals surface area contributed by atoms with Crippen LogP contribution >= 0.6 is 11.6 Å². The number of benzene rings is 2. The summed E-state index contributed by atoms with van der Waals surface area (Å²) in [5, 5.41) is 8.65. The van der Waals surface area contributed by atoms with E-state index in [0.717, 1.165) is 16.8 Å². The molecule has 0 saturated heterocycles. The molecule has 1 aliphatic heterocycles. The van der Waals surface area contributed by atoms with Gasteiger partial charge in [-0.2, -0.15) is 10.1 Å². The molecule has 1 N–H and O–H groups in total. The Morgan fingerprint density at radius 3 is 2.29 bits per heavy atom. The number of nitrogens with zero attached hydrogens (tertiary/aromatic N) is 3. The van der Waals surface area contributed by atoms with Gasteiger partial charge in [0.1, 0.15) is 11.9 Å². The van der Waals surface area contributed by atoms with Crippen molar-refractivity contribution in [1.29, 1.82) is 0 Å². The number of carbonyl (C=O) groups is 1. The number of halogens is 1. The van der Waals surface area contributed by atoms with E-state index < -0.39 is 6.04 Å². The summed E-state index contributed by atoms with van der Waals surface area (Å²) in [5.74, 6) is 2.83. The minimum Gasteiger partial charge on any atom is -0.493 e. The summed E-state index contributed by atoms with van der Waals surface area (Å²) in [5.41, 5.74) is 3.42. The number of ether oxygens (including phenoxy) is 3. The lowest BCUT2D eigenvalue weighted by Gasteiger charge is -2.35. The quantitative estimate of drug-likeness (QED) is 0.567. The standard InChI is InChI=1S/C25H25ClN4O4/c1-13-27-25-28-18-9-15(14-5-7-17(26)8-6-14)10-19(31)22(18)23(30(25)29-13)16-11-20(32-2)24(34-4)21(12-16)33-3/h5-8,11-12,15,23H,9-10H2,1-4H3,(H,27,28,29)/t15-,23-/m1/s1. The Bertz CT molecular complexity index is 1270. The molecule has 2 heterocycles. The van der Waals surface area contributed by atoms with E-state index >= 15 is 0 Å². The maximum Gasteiger partial charge on any atom is 0.226 e. The SMILES string of the molecule is COc1cc([C@@H]2C3=C(C[C@@H](c4ccc(Cl)cc4)CC3=O)Nc3nc(C)nn32)cc(OC)c1OC. The van der Waals surface area contributed by atoms with Crippen LogP contribution in [0.15, 0.2) is 47.7 Å². The molecule has 0 bridgehead atoms. The highest BCUT2D eigenvalue weighted by Crippen LogP contribution is 2.47. The van der Waals surface area contributed by atoms with Crippen molar-refractivity contribution in [3.05, 3.63) is 69.6 Å². The number of fused-ring (bicyclic) bond motifs is 1. The normalized spacial score (nSPS) is 19.3. The molecule has 0 fully saturated rings. The van der Waals surface area contributed by atoms with Crippen LogP contribution < -0.4 is 19.5 Å². The molecule has 1 aliphatic carbocycles. The Labute approximate surface area is 202 Å². The van der Waals surface area contributed by atoms with Crippen LogP contribution in [-0.4, -0.2) is 41.9 Å². The summed E-state index contributed by atoms with van der Waals surface area (Å²) >= 11 is 6.07. The number of hydrogen-bond acceptors (Lipinski definition) is 7. The van der Waals surface area contributed by atoms with E-state index in [1.54, 1.807) is 26.0 Å². The third-order valence-electron chi connectivity index (χ3n) is 6.37. The molecular weight excluding hydrogens is 456 g/mol. The maximum atomic E-state index is 13.6. The Kier molecular flexibility index (Phi) is 5.69. The number of ketones is 1. The molecule has 0 radical (unpaired) electrons. The predicted octanol–water partition coefficient (Wildman–Crippen LogP) is 4.68. The van der Waals surface area contributed by atoms with E-state index in [1.165, 1.54) is 0 Å². The van der Waals surface area contributed by atoms with Gasteiger partial charge in [0.25, 0.3) is 0 Å². The smallest absolute Gasteiger partial charge is 0.226 e. The molecule has 176 valence electrons. The number of allylic oxidation sites excluding steroid dienone is 2. The van der Waals surface area contributed by atoms with Crippen LogP contribution in [0.4, 0.5) is 5.95 Å². The van der Waals surface area contributed by atoms with Gasteiger partial charge in [-0.1, -0.05) is 23.7 Å². The molecule has 2 aromatic carbocycles. The zero-order valence-corrected chi connectivity index (χ0v) is 20.1. The number of hydrogen-bond donors (Lipinski definition) is 1. The van der Waals surface area contributed by atoms with Gasteiger partial charge in [-0.25, -0.2) is 4.68 Å². The van der Waals surface area contributed by atoms with Gasteiger partial charge in [0.05, 0.1) is 21.3 Å². The van der Waals surface area contributed by atoms with Gasteiger partial charge in [0, 0.05) is 22.7 Å². The molecular formula is C25H25ClN4O4. The van der Waals surface area contributed by atoms with Crippen molar-refractivity contribution in [2.24, 2.45) is 0 Å². The Morgan fingerprint density at radius 2 is 1.68 bits per heavy atom. The third kappa shape index (κ3) is 3.68. The number of nitrogens with one attached hydrogen (secondary N) is 1. The lowest BCUT2D eigenvalue weighted by atomic mass is 9.78. The van der Waals surface area contributed by atoms with Gasteiger partial charge in [-0.15, -0.1) is 0 Å². The molecule has 0 saturated carbocycles. The number of methoxy groups -OCH3 is 3. The second-order valence-electron chi connectivity index (χ2n) is 8.39. The number of rotatable bonds is 5. The van der Waals surface area contributed by atoms with E-state index in [9.17, 15) is 4.79 Å². The monoisotopic (exact) mass is 480 g/mol. The number of aryl methyl sites for hydroxylation is 1. The van der Waals surface area contributed by atoms with Crippen molar-refractivity contribution in [2.45, 2.75) is 31.7 Å². The number of carbonyl (C=O) groups excluding carboxylic acids is 1. The van der Waals surface area contributed by atoms with Gasteiger partial charge >= 0.3 is 0 Å². The third-order valence-corrected chi connectivity index (χ3v) is 6.62. The van der Waals surface area contributed by atoms with Crippen LogP contribution in [-0.2, 0) is 4.79 Å². The molecule has 34 heavy (non-hydrogen) atoms. The molecule has 2 aliphatic rings. The molecule has 3 aromatic rings. The van der Waals surface area contributed by atoms with Gasteiger partial charge in [-0.05, 0) is 54.7 Å². The topological polar surface area (TPSA) is 87.5 Å². The van der Waals surface area contributed by atoms with Crippen LogP contribution in [0.25, 0.3) is 0 Å². The molecule has 1 aromatic heterocycles. The highest BCUT2D eigenvalue weighted by molar-refractivity contribution is 6.30. The minimum atomic E-state index is -0.472. The molecule has 0 amide bonds. The number of Topliss-reactive ketones (excluding diaryl/α,β-unsaturated/α-hetero) is 1. The Morgan fingerprint density at radius 1 is 1.00 bits per heavy atom. The average molecular weight is 481 g/mol.